The summed E-state index contributed by atoms with van der Waals surface area (Å²) in [5.41, 5.74) is 6.55. The van der Waals surface area contributed by atoms with Crippen LogP contribution in [0.2, 0.25) is 0 Å². The largest absolute Gasteiger partial charge is 0.394 e. The fraction of sp³-hybridized carbons (Fsp3) is 0.538. The zero-order valence-corrected chi connectivity index (χ0v) is 10.9. The first-order valence-electron chi connectivity index (χ1n) is 5.70. The van der Waals surface area contributed by atoms with Gasteiger partial charge < -0.3 is 15.7 Å². The van der Waals surface area contributed by atoms with Gasteiger partial charge in [0.2, 0.25) is 0 Å². The van der Waals surface area contributed by atoms with E-state index in [-0.39, 0.29) is 18.5 Å². The van der Waals surface area contributed by atoms with Gasteiger partial charge in [0.25, 0.3) is 0 Å². The van der Waals surface area contributed by atoms with Gasteiger partial charge in [-0.2, -0.15) is 0 Å². The van der Waals surface area contributed by atoms with Gasteiger partial charge in [0.15, 0.2) is 0 Å². The Bertz CT molecular complexity index is 391. The fourth-order valence-electron chi connectivity index (χ4n) is 1.70. The van der Waals surface area contributed by atoms with Gasteiger partial charge in [-0.1, -0.05) is 6.07 Å². The van der Waals surface area contributed by atoms with Crippen LogP contribution in [0.3, 0.4) is 0 Å². The first-order chi connectivity index (χ1) is 7.81. The maximum absolute atomic E-state index is 13.8. The number of nitrogens with two attached hydrogens (primary N) is 1. The van der Waals surface area contributed by atoms with Crippen molar-refractivity contribution in [2.45, 2.75) is 32.4 Å². The summed E-state index contributed by atoms with van der Waals surface area (Å²) in [4.78, 5) is 1.86. The van der Waals surface area contributed by atoms with Gasteiger partial charge in [-0.25, -0.2) is 4.39 Å². The van der Waals surface area contributed by atoms with Crippen molar-refractivity contribution in [3.05, 3.63) is 29.6 Å². The van der Waals surface area contributed by atoms with Crippen LogP contribution in [0.4, 0.5) is 10.1 Å². The van der Waals surface area contributed by atoms with Gasteiger partial charge in [-0.3, -0.25) is 0 Å². The van der Waals surface area contributed by atoms with Crippen LogP contribution in [0, 0.1) is 5.82 Å². The Morgan fingerprint density at radius 3 is 2.53 bits per heavy atom. The third kappa shape index (κ3) is 2.76. The molecule has 0 aromatic heterocycles. The quantitative estimate of drug-likeness (QED) is 0.847. The van der Waals surface area contributed by atoms with Crippen molar-refractivity contribution in [3.63, 3.8) is 0 Å². The molecule has 3 nitrogen and oxygen atoms in total. The Balaban J connectivity index is 3.27. The van der Waals surface area contributed by atoms with Crippen molar-refractivity contribution in [2.75, 3.05) is 18.6 Å². The Morgan fingerprint density at radius 2 is 2.06 bits per heavy atom. The highest BCUT2D eigenvalue weighted by Crippen LogP contribution is 2.30. The molecule has 0 aliphatic carbocycles. The summed E-state index contributed by atoms with van der Waals surface area (Å²) in [5, 5.41) is 9.36. The summed E-state index contributed by atoms with van der Waals surface area (Å²) in [5.74, 6) is -0.307. The Kier molecular flexibility index (Phi) is 4.11. The van der Waals surface area contributed by atoms with Gasteiger partial charge in [0.1, 0.15) is 5.82 Å². The predicted molar refractivity (Wildman–Crippen MR) is 68.6 cm³/mol. The van der Waals surface area contributed by atoms with E-state index in [1.807, 2.05) is 31.9 Å². The molecule has 17 heavy (non-hydrogen) atoms. The number of benzene rings is 1. The normalized spacial score (nSPS) is 13.6. The Morgan fingerprint density at radius 1 is 1.47 bits per heavy atom. The lowest BCUT2D eigenvalue weighted by atomic mass is 9.99. The van der Waals surface area contributed by atoms with Crippen LogP contribution < -0.4 is 10.6 Å². The van der Waals surface area contributed by atoms with Crippen LogP contribution in [0.15, 0.2) is 18.2 Å². The van der Waals surface area contributed by atoms with Crippen LogP contribution >= 0.6 is 0 Å². The third-order valence-electron chi connectivity index (χ3n) is 3.14. The first kappa shape index (κ1) is 13.9. The number of anilines is 1. The van der Waals surface area contributed by atoms with Gasteiger partial charge in [-0.15, -0.1) is 0 Å². The molecule has 1 aromatic carbocycles. The van der Waals surface area contributed by atoms with Crippen molar-refractivity contribution in [1.29, 1.82) is 0 Å². The minimum absolute atomic E-state index is 0.0155. The summed E-state index contributed by atoms with van der Waals surface area (Å²) >= 11 is 0. The Labute approximate surface area is 102 Å². The molecule has 3 N–H and O–H groups in total. The highest BCUT2D eigenvalue weighted by molar-refractivity contribution is 5.56. The lowest BCUT2D eigenvalue weighted by Crippen LogP contribution is -2.45. The first-order valence-corrected chi connectivity index (χ1v) is 5.70. The highest BCUT2D eigenvalue weighted by atomic mass is 19.1. The van der Waals surface area contributed by atoms with E-state index in [1.54, 1.807) is 13.0 Å². The van der Waals surface area contributed by atoms with Crippen molar-refractivity contribution >= 4 is 5.69 Å². The topological polar surface area (TPSA) is 49.5 Å². The average molecular weight is 240 g/mol. The molecular formula is C13H21FN2O. The molecule has 1 atom stereocenters. The number of hydrogen-bond donors (Lipinski definition) is 2. The zero-order valence-electron chi connectivity index (χ0n) is 10.9. The fourth-order valence-corrected chi connectivity index (χ4v) is 1.70. The van der Waals surface area contributed by atoms with Crippen molar-refractivity contribution in [2.24, 2.45) is 5.73 Å². The number of halogens is 1. The molecule has 0 aliphatic heterocycles. The number of aliphatic hydroxyl groups is 1. The summed E-state index contributed by atoms with van der Waals surface area (Å²) < 4.78 is 13.8. The van der Waals surface area contributed by atoms with Gasteiger partial charge in [0, 0.05) is 24.3 Å². The highest BCUT2D eigenvalue weighted by Gasteiger charge is 2.26. The lowest BCUT2D eigenvalue weighted by molar-refractivity contribution is 0.216. The second-order valence-corrected chi connectivity index (χ2v) is 4.99. The van der Waals surface area contributed by atoms with Crippen LogP contribution in [-0.2, 0) is 0 Å². The lowest BCUT2D eigenvalue weighted by Gasteiger charge is -2.37. The SMILES string of the molecule is CC(N)c1c(F)cccc1N(C)C(C)(C)CO. The van der Waals surface area contributed by atoms with Crippen LogP contribution in [0.25, 0.3) is 0 Å². The average Bonchev–Trinajstić information content (AvgIpc) is 2.27. The summed E-state index contributed by atoms with van der Waals surface area (Å²) in [6.45, 7) is 5.52. The van der Waals surface area contributed by atoms with E-state index in [2.05, 4.69) is 0 Å². The molecule has 0 amide bonds. The van der Waals surface area contributed by atoms with Crippen LogP contribution in [-0.4, -0.2) is 24.3 Å². The monoisotopic (exact) mass is 240 g/mol. The molecule has 0 aliphatic rings. The number of hydrogen-bond acceptors (Lipinski definition) is 3. The summed E-state index contributed by atoms with van der Waals surface area (Å²) in [7, 11) is 1.83. The minimum atomic E-state index is -0.461. The summed E-state index contributed by atoms with van der Waals surface area (Å²) in [6.07, 6.45) is 0. The number of aliphatic hydroxyl groups excluding tert-OH is 1. The molecule has 1 aromatic rings. The molecule has 0 spiro atoms. The molecule has 0 fully saturated rings. The van der Waals surface area contributed by atoms with Gasteiger partial charge in [-0.05, 0) is 32.9 Å². The predicted octanol–water partition coefficient (Wildman–Crippen LogP) is 2.05. The second-order valence-electron chi connectivity index (χ2n) is 4.99. The standard InChI is InChI=1S/C13H21FN2O/c1-9(15)12-10(14)6-5-7-11(12)16(4)13(2,3)8-17/h5-7,9,17H,8,15H2,1-4H3. The van der Waals surface area contributed by atoms with Crippen LogP contribution in [0.5, 0.6) is 0 Å². The molecule has 4 heteroatoms. The molecule has 0 heterocycles. The van der Waals surface area contributed by atoms with Crippen molar-refractivity contribution < 1.29 is 9.50 Å². The van der Waals surface area contributed by atoms with E-state index in [1.165, 1.54) is 6.07 Å². The third-order valence-corrected chi connectivity index (χ3v) is 3.14. The molecule has 1 rings (SSSR count). The zero-order chi connectivity index (χ0) is 13.2. The molecule has 0 saturated carbocycles. The number of likely N-dealkylation sites (N-methyl/N-ethyl adjacent to an activating group) is 1. The molecule has 0 radical (unpaired) electrons. The maximum atomic E-state index is 13.8. The van der Waals surface area contributed by atoms with Crippen LogP contribution in [0.1, 0.15) is 32.4 Å². The smallest absolute Gasteiger partial charge is 0.130 e. The molecule has 0 bridgehead atoms. The van der Waals surface area contributed by atoms with E-state index in [0.29, 0.717) is 5.56 Å². The molecule has 96 valence electrons. The molecule has 1 unspecified atom stereocenters. The number of nitrogens with zero attached hydrogens (tertiary/aromatic N) is 1. The maximum Gasteiger partial charge on any atom is 0.130 e. The van der Waals surface area contributed by atoms with Crippen molar-refractivity contribution in [1.82, 2.24) is 0 Å². The molecular weight excluding hydrogens is 219 g/mol. The Hall–Kier alpha value is -1.13. The second kappa shape index (κ2) is 5.02. The van der Waals surface area contributed by atoms with Gasteiger partial charge >= 0.3 is 0 Å². The number of rotatable bonds is 4. The minimum Gasteiger partial charge on any atom is -0.394 e. The van der Waals surface area contributed by atoms with E-state index < -0.39 is 5.54 Å². The van der Waals surface area contributed by atoms with E-state index >= 15 is 0 Å². The van der Waals surface area contributed by atoms with E-state index in [9.17, 15) is 9.50 Å². The van der Waals surface area contributed by atoms with E-state index in [0.717, 1.165) is 5.69 Å². The van der Waals surface area contributed by atoms with Crippen molar-refractivity contribution in [3.8, 4) is 0 Å². The van der Waals surface area contributed by atoms with Gasteiger partial charge in [0.05, 0.1) is 12.1 Å². The molecule has 0 saturated heterocycles. The van der Waals surface area contributed by atoms with E-state index in [4.69, 9.17) is 5.73 Å². The summed E-state index contributed by atoms with van der Waals surface area (Å²) in [6, 6.07) is 4.49.